The van der Waals surface area contributed by atoms with Gasteiger partial charge in [0.15, 0.2) is 6.61 Å². The second-order valence-corrected chi connectivity index (χ2v) is 7.26. The summed E-state index contributed by atoms with van der Waals surface area (Å²) in [6.45, 7) is 0.579. The van der Waals surface area contributed by atoms with Gasteiger partial charge in [-0.2, -0.15) is 0 Å². The first-order chi connectivity index (χ1) is 14.8. The van der Waals surface area contributed by atoms with Gasteiger partial charge in [-0.05, 0) is 31.0 Å². The fourth-order valence-corrected chi connectivity index (χ4v) is 3.94. The van der Waals surface area contributed by atoms with Crippen molar-refractivity contribution >= 4 is 35.1 Å². The molecule has 4 rings (SSSR count). The van der Waals surface area contributed by atoms with Gasteiger partial charge in [0.25, 0.3) is 23.4 Å². The quantitative estimate of drug-likeness (QED) is 0.310. The van der Waals surface area contributed by atoms with Crippen LogP contribution in [0.2, 0.25) is 0 Å². The van der Waals surface area contributed by atoms with Crippen molar-refractivity contribution < 1.29 is 28.8 Å². The molecular formula is C21H17N3O7. The molecule has 0 spiro atoms. The van der Waals surface area contributed by atoms with Crippen molar-refractivity contribution in [2.45, 2.75) is 19.4 Å². The van der Waals surface area contributed by atoms with Gasteiger partial charge in [-0.1, -0.05) is 24.3 Å². The largest absolute Gasteiger partial charge is 0.454 e. The van der Waals surface area contributed by atoms with Gasteiger partial charge in [0.1, 0.15) is 12.1 Å². The molecule has 0 unspecified atom stereocenters. The number of nitro groups is 1. The molecule has 0 fully saturated rings. The third kappa shape index (κ3) is 3.41. The van der Waals surface area contributed by atoms with Crippen LogP contribution in [0, 0.1) is 10.1 Å². The van der Waals surface area contributed by atoms with E-state index in [4.69, 9.17) is 4.74 Å². The summed E-state index contributed by atoms with van der Waals surface area (Å²) in [5.74, 6) is -3.17. The lowest BCUT2D eigenvalue weighted by atomic mass is 10.1. The number of carbonyl (C=O) groups is 4. The van der Waals surface area contributed by atoms with Crippen molar-refractivity contribution in [2.24, 2.45) is 0 Å². The molecule has 0 aromatic heterocycles. The van der Waals surface area contributed by atoms with E-state index in [1.807, 2.05) is 31.2 Å². The molecule has 2 aliphatic heterocycles. The monoisotopic (exact) mass is 423 g/mol. The first kappa shape index (κ1) is 20.2. The van der Waals surface area contributed by atoms with Gasteiger partial charge in [0.05, 0.1) is 10.5 Å². The average molecular weight is 423 g/mol. The first-order valence-corrected chi connectivity index (χ1v) is 9.48. The van der Waals surface area contributed by atoms with E-state index in [2.05, 4.69) is 0 Å². The molecule has 1 atom stereocenters. The molecule has 0 N–H and O–H groups in total. The van der Waals surface area contributed by atoms with Crippen LogP contribution in [0.15, 0.2) is 42.5 Å². The van der Waals surface area contributed by atoms with Crippen molar-refractivity contribution in [3.63, 3.8) is 0 Å². The van der Waals surface area contributed by atoms with Gasteiger partial charge >= 0.3 is 5.97 Å². The number of amides is 3. The average Bonchev–Trinajstić information content (AvgIpc) is 3.20. The Morgan fingerprint density at radius 2 is 1.87 bits per heavy atom. The summed E-state index contributed by atoms with van der Waals surface area (Å²) in [6.07, 6.45) is 0.684. The summed E-state index contributed by atoms with van der Waals surface area (Å²) in [6, 6.07) is 11.0. The summed E-state index contributed by atoms with van der Waals surface area (Å²) in [5.41, 5.74) is 0.754. The van der Waals surface area contributed by atoms with E-state index in [0.29, 0.717) is 11.3 Å². The van der Waals surface area contributed by atoms with E-state index in [1.54, 1.807) is 4.90 Å². The number of nitrogens with zero attached hydrogens (tertiary/aromatic N) is 3. The van der Waals surface area contributed by atoms with Crippen LogP contribution in [-0.4, -0.2) is 52.7 Å². The van der Waals surface area contributed by atoms with Crippen LogP contribution in [0.25, 0.3) is 0 Å². The Balaban J connectivity index is 1.41. The molecular weight excluding hydrogens is 406 g/mol. The highest BCUT2D eigenvalue weighted by atomic mass is 16.6. The summed E-state index contributed by atoms with van der Waals surface area (Å²) >= 11 is 0. The zero-order valence-electron chi connectivity index (χ0n) is 16.4. The van der Waals surface area contributed by atoms with E-state index in [9.17, 15) is 29.3 Å². The lowest BCUT2D eigenvalue weighted by molar-refractivity contribution is -0.385. The molecule has 2 aromatic rings. The second kappa shape index (κ2) is 7.63. The molecule has 0 saturated carbocycles. The van der Waals surface area contributed by atoms with Gasteiger partial charge in [-0.3, -0.25) is 34.2 Å². The van der Waals surface area contributed by atoms with E-state index in [-0.39, 0.29) is 17.2 Å². The minimum Gasteiger partial charge on any atom is -0.454 e. The van der Waals surface area contributed by atoms with Crippen LogP contribution in [0.1, 0.15) is 33.2 Å². The molecule has 0 radical (unpaired) electrons. The third-order valence-electron chi connectivity index (χ3n) is 5.29. The van der Waals surface area contributed by atoms with Gasteiger partial charge in [0.2, 0.25) is 0 Å². The molecule has 0 aliphatic carbocycles. The SMILES string of the molecule is C[C@H]1Cc2ccccc2N1C(=O)COC(=O)CN1C(=O)c2cccc([N+](=O)[O-])c2C1=O. The number of hydrogen-bond acceptors (Lipinski definition) is 7. The van der Waals surface area contributed by atoms with Crippen LogP contribution in [0.4, 0.5) is 11.4 Å². The third-order valence-corrected chi connectivity index (χ3v) is 5.29. The summed E-state index contributed by atoms with van der Waals surface area (Å²) in [7, 11) is 0. The van der Waals surface area contributed by atoms with Crippen molar-refractivity contribution in [1.82, 2.24) is 4.90 Å². The Labute approximate surface area is 176 Å². The molecule has 2 aliphatic rings. The maximum Gasteiger partial charge on any atom is 0.326 e. The van der Waals surface area contributed by atoms with E-state index in [0.717, 1.165) is 17.3 Å². The van der Waals surface area contributed by atoms with Crippen LogP contribution in [-0.2, 0) is 20.7 Å². The zero-order chi connectivity index (χ0) is 22.3. The minimum absolute atomic E-state index is 0.0969. The smallest absolute Gasteiger partial charge is 0.326 e. The molecule has 2 aromatic carbocycles. The van der Waals surface area contributed by atoms with Gasteiger partial charge in [0, 0.05) is 17.8 Å². The van der Waals surface area contributed by atoms with Gasteiger partial charge < -0.3 is 9.64 Å². The lowest BCUT2D eigenvalue weighted by Crippen LogP contribution is -2.40. The number of esters is 1. The fraction of sp³-hybridized carbons (Fsp3) is 0.238. The Bertz CT molecular complexity index is 1140. The normalized spacial score (nSPS) is 16.9. The predicted octanol–water partition coefficient (Wildman–Crippen LogP) is 1.71. The number of hydrogen-bond donors (Lipinski definition) is 0. The zero-order valence-corrected chi connectivity index (χ0v) is 16.4. The second-order valence-electron chi connectivity index (χ2n) is 7.26. The molecule has 3 amide bonds. The standard InChI is InChI=1S/C21H17N3O7/c1-12-9-13-5-2-3-7-15(13)23(12)17(25)11-31-18(26)10-22-20(27)14-6-4-8-16(24(29)30)19(14)21(22)28/h2-8,12H,9-11H2,1H3/t12-/m0/s1. The number of carbonyl (C=O) groups excluding carboxylic acids is 4. The Morgan fingerprint density at radius 3 is 2.61 bits per heavy atom. The number of imide groups is 1. The predicted molar refractivity (Wildman–Crippen MR) is 107 cm³/mol. The number of benzene rings is 2. The number of para-hydroxylation sites is 1. The van der Waals surface area contributed by atoms with Crippen LogP contribution >= 0.6 is 0 Å². The highest BCUT2D eigenvalue weighted by Gasteiger charge is 2.42. The van der Waals surface area contributed by atoms with E-state index < -0.39 is 47.5 Å². The molecule has 10 heteroatoms. The van der Waals surface area contributed by atoms with Crippen molar-refractivity contribution in [3.05, 3.63) is 69.3 Å². The van der Waals surface area contributed by atoms with Gasteiger partial charge in [-0.25, -0.2) is 0 Å². The molecule has 0 bridgehead atoms. The first-order valence-electron chi connectivity index (χ1n) is 9.48. The highest BCUT2D eigenvalue weighted by Crippen LogP contribution is 2.32. The van der Waals surface area contributed by atoms with Crippen molar-refractivity contribution in [3.8, 4) is 0 Å². The van der Waals surface area contributed by atoms with E-state index in [1.165, 1.54) is 12.1 Å². The van der Waals surface area contributed by atoms with Crippen molar-refractivity contribution in [2.75, 3.05) is 18.1 Å². The number of ether oxygens (including phenoxy) is 1. The summed E-state index contributed by atoms with van der Waals surface area (Å²) < 4.78 is 5.00. The molecule has 2 heterocycles. The van der Waals surface area contributed by atoms with Crippen molar-refractivity contribution in [1.29, 1.82) is 0 Å². The summed E-state index contributed by atoms with van der Waals surface area (Å²) in [4.78, 5) is 62.3. The summed E-state index contributed by atoms with van der Waals surface area (Å²) in [5, 5.41) is 11.1. The molecule has 0 saturated heterocycles. The Morgan fingerprint density at radius 1 is 1.13 bits per heavy atom. The highest BCUT2D eigenvalue weighted by molar-refractivity contribution is 6.24. The molecule has 10 nitrogen and oxygen atoms in total. The maximum absolute atomic E-state index is 12.6. The minimum atomic E-state index is -0.967. The van der Waals surface area contributed by atoms with Crippen LogP contribution in [0.3, 0.4) is 0 Å². The van der Waals surface area contributed by atoms with Crippen LogP contribution < -0.4 is 4.90 Å². The maximum atomic E-state index is 12.6. The van der Waals surface area contributed by atoms with Crippen LogP contribution in [0.5, 0.6) is 0 Å². The lowest BCUT2D eigenvalue weighted by Gasteiger charge is -2.22. The number of fused-ring (bicyclic) bond motifs is 2. The van der Waals surface area contributed by atoms with E-state index >= 15 is 0 Å². The number of rotatable bonds is 5. The molecule has 31 heavy (non-hydrogen) atoms. The number of anilines is 1. The number of nitro benzene ring substituents is 1. The van der Waals surface area contributed by atoms with Gasteiger partial charge in [-0.15, -0.1) is 0 Å². The Kier molecular flexibility index (Phi) is 4.97. The topological polar surface area (TPSA) is 127 Å². The Hall–Kier alpha value is -4.08. The molecule has 158 valence electrons. The fourth-order valence-electron chi connectivity index (χ4n) is 3.94.